The number of hydrogen-bond donors (Lipinski definition) is 1. The van der Waals surface area contributed by atoms with E-state index in [4.69, 9.17) is 9.47 Å². The fourth-order valence-corrected chi connectivity index (χ4v) is 4.34. The van der Waals surface area contributed by atoms with Gasteiger partial charge in [0.15, 0.2) is 0 Å². The van der Waals surface area contributed by atoms with Crippen molar-refractivity contribution >= 4 is 34.7 Å². The highest BCUT2D eigenvalue weighted by Crippen LogP contribution is 2.31. The number of amides is 3. The third-order valence-corrected chi connectivity index (χ3v) is 6.18. The van der Waals surface area contributed by atoms with Gasteiger partial charge in [-0.15, -0.1) is 0 Å². The van der Waals surface area contributed by atoms with Crippen LogP contribution in [0.3, 0.4) is 0 Å². The molecule has 2 unspecified atom stereocenters. The van der Waals surface area contributed by atoms with Gasteiger partial charge < -0.3 is 9.47 Å². The second-order valence-corrected chi connectivity index (χ2v) is 8.70. The maximum atomic E-state index is 12.7. The first-order valence-corrected chi connectivity index (χ1v) is 11.0. The number of carbonyl (C=O) groups excluding carboxylic acids is 3. The molecule has 2 aliphatic heterocycles. The number of anilines is 1. The first-order valence-electron chi connectivity index (χ1n) is 10.1. The highest BCUT2D eigenvalue weighted by Gasteiger charge is 2.34. The van der Waals surface area contributed by atoms with E-state index in [1.807, 2.05) is 12.1 Å². The van der Waals surface area contributed by atoms with Gasteiger partial charge in [-0.3, -0.25) is 19.8 Å². The maximum Gasteiger partial charge on any atom is 0.416 e. The lowest BCUT2D eigenvalue weighted by molar-refractivity contribution is -0.137. The van der Waals surface area contributed by atoms with Gasteiger partial charge >= 0.3 is 12.3 Å². The fourth-order valence-electron chi connectivity index (χ4n) is 3.48. The van der Waals surface area contributed by atoms with Crippen molar-refractivity contribution < 1.29 is 37.0 Å². The van der Waals surface area contributed by atoms with E-state index < -0.39 is 29.2 Å². The van der Waals surface area contributed by atoms with Crippen molar-refractivity contribution in [3.8, 4) is 5.75 Å². The van der Waals surface area contributed by atoms with E-state index >= 15 is 0 Å². The zero-order valence-corrected chi connectivity index (χ0v) is 17.9. The lowest BCUT2D eigenvalue weighted by Gasteiger charge is -2.14. The molecule has 0 saturated carbocycles. The van der Waals surface area contributed by atoms with E-state index in [1.54, 1.807) is 12.1 Å². The SMILES string of the molecule is O=C1NC(=O)C(Cc2ccc(OCCC3CN(c4ccc(C(F)(F)F)cc4)C(=O)O3)cc2)S1. The Hall–Kier alpha value is -3.21. The molecule has 174 valence electrons. The van der Waals surface area contributed by atoms with Crippen LogP contribution in [0.25, 0.3) is 0 Å². The van der Waals surface area contributed by atoms with E-state index in [0.717, 1.165) is 29.5 Å². The number of hydrogen-bond acceptors (Lipinski definition) is 6. The second kappa shape index (κ2) is 9.34. The Balaban J connectivity index is 1.24. The molecule has 33 heavy (non-hydrogen) atoms. The summed E-state index contributed by atoms with van der Waals surface area (Å²) in [5.74, 6) is 0.309. The molecule has 0 aromatic heterocycles. The van der Waals surface area contributed by atoms with Gasteiger partial charge in [-0.05, 0) is 48.4 Å². The molecular formula is C22H19F3N2O5S. The van der Waals surface area contributed by atoms with Crippen molar-refractivity contribution in [3.05, 3.63) is 59.7 Å². The number of thioether (sulfide) groups is 1. The van der Waals surface area contributed by atoms with Gasteiger partial charge in [-0.25, -0.2) is 4.79 Å². The summed E-state index contributed by atoms with van der Waals surface area (Å²) in [6.45, 7) is 0.486. The van der Waals surface area contributed by atoms with E-state index in [0.29, 0.717) is 24.3 Å². The van der Waals surface area contributed by atoms with E-state index in [1.165, 1.54) is 17.0 Å². The molecule has 2 aliphatic rings. The molecule has 3 amide bonds. The van der Waals surface area contributed by atoms with Crippen LogP contribution in [0.5, 0.6) is 5.75 Å². The molecule has 2 aromatic rings. The Kier molecular flexibility index (Phi) is 6.50. The molecule has 0 spiro atoms. The summed E-state index contributed by atoms with van der Waals surface area (Å²) < 4.78 is 49.1. The number of rotatable bonds is 7. The van der Waals surface area contributed by atoms with Gasteiger partial charge in [0.05, 0.1) is 24.0 Å². The van der Waals surface area contributed by atoms with Crippen LogP contribution in [0.1, 0.15) is 17.5 Å². The van der Waals surface area contributed by atoms with Crippen molar-refractivity contribution in [1.29, 1.82) is 0 Å². The van der Waals surface area contributed by atoms with Crippen molar-refractivity contribution in [2.24, 2.45) is 0 Å². The minimum atomic E-state index is -4.44. The van der Waals surface area contributed by atoms with E-state index in [9.17, 15) is 27.6 Å². The van der Waals surface area contributed by atoms with Crippen molar-refractivity contribution in [3.63, 3.8) is 0 Å². The number of nitrogens with zero attached hydrogens (tertiary/aromatic N) is 1. The number of benzene rings is 2. The Morgan fingerprint density at radius 3 is 2.36 bits per heavy atom. The topological polar surface area (TPSA) is 84.9 Å². The van der Waals surface area contributed by atoms with Crippen LogP contribution >= 0.6 is 11.8 Å². The molecule has 0 aliphatic carbocycles. The van der Waals surface area contributed by atoms with Crippen molar-refractivity contribution in [2.45, 2.75) is 30.4 Å². The summed E-state index contributed by atoms with van der Waals surface area (Å²) in [5, 5.41) is 1.48. The third kappa shape index (κ3) is 5.59. The van der Waals surface area contributed by atoms with Crippen LogP contribution in [0.4, 0.5) is 28.4 Å². The first kappa shape index (κ1) is 23.0. The smallest absolute Gasteiger partial charge is 0.416 e. The number of cyclic esters (lactones) is 1. The number of carbonyl (C=O) groups is 3. The zero-order chi connectivity index (χ0) is 23.6. The van der Waals surface area contributed by atoms with Crippen LogP contribution in [0.15, 0.2) is 48.5 Å². The van der Waals surface area contributed by atoms with Gasteiger partial charge in [-0.1, -0.05) is 23.9 Å². The van der Waals surface area contributed by atoms with Crippen molar-refractivity contribution in [2.75, 3.05) is 18.1 Å². The van der Waals surface area contributed by atoms with Crippen LogP contribution in [0, 0.1) is 0 Å². The summed E-state index contributed by atoms with van der Waals surface area (Å²) in [6, 6.07) is 11.5. The maximum absolute atomic E-state index is 12.7. The molecular weight excluding hydrogens is 461 g/mol. The van der Waals surface area contributed by atoms with Gasteiger partial charge in [0, 0.05) is 12.1 Å². The predicted molar refractivity (Wildman–Crippen MR) is 114 cm³/mol. The van der Waals surface area contributed by atoms with E-state index in [2.05, 4.69) is 5.32 Å². The average Bonchev–Trinajstić information content (AvgIpc) is 3.29. The van der Waals surface area contributed by atoms with Gasteiger partial charge in [0.25, 0.3) is 5.24 Å². The number of alkyl halides is 3. The van der Waals surface area contributed by atoms with E-state index in [-0.39, 0.29) is 24.3 Å². The molecule has 0 bridgehead atoms. The van der Waals surface area contributed by atoms with Gasteiger partial charge in [0.2, 0.25) is 5.91 Å². The summed E-state index contributed by atoms with van der Waals surface area (Å²) in [6.07, 6.45) is -4.66. The van der Waals surface area contributed by atoms with Crippen molar-refractivity contribution in [1.82, 2.24) is 5.32 Å². The highest BCUT2D eigenvalue weighted by molar-refractivity contribution is 8.15. The first-order chi connectivity index (χ1) is 15.7. The monoisotopic (exact) mass is 480 g/mol. The average molecular weight is 480 g/mol. The van der Waals surface area contributed by atoms with Gasteiger partial charge in [-0.2, -0.15) is 13.2 Å². The standard InChI is InChI=1S/C22H19F3N2O5S/c23-22(24,25)14-3-5-15(6-4-14)27-12-17(32-21(27)30)9-10-31-16-7-1-13(2-8-16)11-18-19(28)26-20(29)33-18/h1-8,17-18H,9-12H2,(H,26,28,29). The fraction of sp³-hybridized carbons (Fsp3) is 0.318. The Morgan fingerprint density at radius 1 is 1.06 bits per heavy atom. The minimum Gasteiger partial charge on any atom is -0.493 e. The molecule has 1 N–H and O–H groups in total. The lowest BCUT2D eigenvalue weighted by Crippen LogP contribution is -2.25. The number of ether oxygens (including phenoxy) is 2. The van der Waals surface area contributed by atoms with Crippen LogP contribution in [0.2, 0.25) is 0 Å². The summed E-state index contributed by atoms with van der Waals surface area (Å²) in [7, 11) is 0. The molecule has 2 heterocycles. The zero-order valence-electron chi connectivity index (χ0n) is 17.1. The lowest BCUT2D eigenvalue weighted by atomic mass is 10.1. The summed E-state index contributed by atoms with van der Waals surface area (Å²) in [4.78, 5) is 36.3. The normalized spacial score (nSPS) is 20.7. The summed E-state index contributed by atoms with van der Waals surface area (Å²) in [5.41, 5.74) is 0.443. The minimum absolute atomic E-state index is 0.215. The van der Waals surface area contributed by atoms with Crippen LogP contribution in [-0.4, -0.2) is 41.7 Å². The van der Waals surface area contributed by atoms with Gasteiger partial charge in [0.1, 0.15) is 11.9 Å². The summed E-state index contributed by atoms with van der Waals surface area (Å²) >= 11 is 0.975. The third-order valence-electron chi connectivity index (χ3n) is 5.20. The number of nitrogens with one attached hydrogen (secondary N) is 1. The molecule has 4 rings (SSSR count). The second-order valence-electron chi connectivity index (χ2n) is 7.53. The molecule has 2 atom stereocenters. The molecule has 2 aromatic carbocycles. The Bertz CT molecular complexity index is 1040. The largest absolute Gasteiger partial charge is 0.493 e. The van der Waals surface area contributed by atoms with Crippen LogP contribution < -0.4 is 15.0 Å². The molecule has 11 heteroatoms. The number of halogens is 3. The highest BCUT2D eigenvalue weighted by atomic mass is 32.2. The Labute approximate surface area is 191 Å². The number of imide groups is 1. The van der Waals surface area contributed by atoms with Crippen LogP contribution in [-0.2, 0) is 22.1 Å². The molecule has 2 saturated heterocycles. The molecule has 0 radical (unpaired) electrons. The molecule has 2 fully saturated rings. The quantitative estimate of drug-likeness (QED) is 0.633. The Morgan fingerprint density at radius 2 is 1.76 bits per heavy atom. The predicted octanol–water partition coefficient (Wildman–Crippen LogP) is 4.39. The molecule has 7 nitrogen and oxygen atoms in total.